The van der Waals surface area contributed by atoms with Crippen LogP contribution >= 0.6 is 0 Å². The Labute approximate surface area is 112 Å². The highest BCUT2D eigenvalue weighted by molar-refractivity contribution is 5.78. The van der Waals surface area contributed by atoms with Gasteiger partial charge in [-0.15, -0.1) is 0 Å². The molecule has 5 nitrogen and oxygen atoms in total. The smallest absolute Gasteiger partial charge is 0.220 e. The Bertz CT molecular complexity index is 474. The first-order valence-electron chi connectivity index (χ1n) is 6.54. The van der Waals surface area contributed by atoms with E-state index in [4.69, 9.17) is 5.73 Å². The lowest BCUT2D eigenvalue weighted by Gasteiger charge is -2.10. The van der Waals surface area contributed by atoms with Crippen molar-refractivity contribution in [1.29, 1.82) is 0 Å². The Morgan fingerprint density at radius 2 is 2.16 bits per heavy atom. The number of anilines is 1. The number of carbonyl (C=O) groups excluding carboxylic acids is 2. The summed E-state index contributed by atoms with van der Waals surface area (Å²) in [5.41, 5.74) is 7.36. The van der Waals surface area contributed by atoms with E-state index in [2.05, 4.69) is 16.7 Å². The molecule has 1 heterocycles. The maximum Gasteiger partial charge on any atom is 0.220 e. The van der Waals surface area contributed by atoms with Crippen molar-refractivity contribution in [1.82, 2.24) is 5.32 Å². The third kappa shape index (κ3) is 3.71. The predicted molar refractivity (Wildman–Crippen MR) is 73.7 cm³/mol. The van der Waals surface area contributed by atoms with Crippen molar-refractivity contribution in [3.63, 3.8) is 0 Å². The molecule has 5 heteroatoms. The number of nitrogens with two attached hydrogens (primary N) is 1. The monoisotopic (exact) mass is 261 g/mol. The summed E-state index contributed by atoms with van der Waals surface area (Å²) in [4.78, 5) is 22.4. The van der Waals surface area contributed by atoms with E-state index in [1.165, 1.54) is 5.56 Å². The Morgan fingerprint density at radius 1 is 1.37 bits per heavy atom. The number of hydrogen-bond donors (Lipinski definition) is 3. The largest absolute Gasteiger partial charge is 0.384 e. The van der Waals surface area contributed by atoms with E-state index in [9.17, 15) is 9.59 Å². The maximum absolute atomic E-state index is 11.8. The second-order valence-corrected chi connectivity index (χ2v) is 4.79. The zero-order chi connectivity index (χ0) is 13.7. The molecule has 0 bridgehead atoms. The van der Waals surface area contributed by atoms with E-state index in [1.807, 2.05) is 18.2 Å². The number of amides is 2. The molecule has 0 saturated carbocycles. The molecule has 0 radical (unpaired) electrons. The van der Waals surface area contributed by atoms with Gasteiger partial charge >= 0.3 is 0 Å². The molecule has 19 heavy (non-hydrogen) atoms. The van der Waals surface area contributed by atoms with Gasteiger partial charge in [-0.05, 0) is 18.1 Å². The van der Waals surface area contributed by atoms with Crippen LogP contribution in [0.3, 0.4) is 0 Å². The third-order valence-corrected chi connectivity index (χ3v) is 3.29. The Kier molecular flexibility index (Phi) is 4.39. The predicted octanol–water partition coefficient (Wildman–Crippen LogP) is 0.967. The molecular weight excluding hydrogens is 242 g/mol. The van der Waals surface area contributed by atoms with E-state index in [-0.39, 0.29) is 17.7 Å². The van der Waals surface area contributed by atoms with Crippen LogP contribution in [-0.4, -0.2) is 24.9 Å². The van der Waals surface area contributed by atoms with Gasteiger partial charge in [0, 0.05) is 37.5 Å². The molecule has 0 saturated heterocycles. The van der Waals surface area contributed by atoms with Gasteiger partial charge in [-0.3, -0.25) is 9.59 Å². The van der Waals surface area contributed by atoms with E-state index in [0.29, 0.717) is 25.8 Å². The highest BCUT2D eigenvalue weighted by Gasteiger charge is 2.23. The summed E-state index contributed by atoms with van der Waals surface area (Å²) in [6.07, 6.45) is 1.38. The summed E-state index contributed by atoms with van der Waals surface area (Å²) in [7, 11) is 0. The zero-order valence-electron chi connectivity index (χ0n) is 10.8. The molecule has 0 aliphatic carbocycles. The molecule has 0 fully saturated rings. The minimum absolute atomic E-state index is 0.0213. The molecule has 4 N–H and O–H groups in total. The van der Waals surface area contributed by atoms with Crippen molar-refractivity contribution in [2.24, 2.45) is 5.73 Å². The average Bonchev–Trinajstić information content (AvgIpc) is 2.78. The molecular formula is C14H19N3O2. The van der Waals surface area contributed by atoms with Crippen molar-refractivity contribution in [3.8, 4) is 0 Å². The standard InChI is InChI=1S/C14H19N3O2/c15-13(18)6-3-7-16-14(19)8-10-9-17-12-5-2-1-4-11(10)12/h1-2,4-5,10,17H,3,6-9H2,(H2,15,18)(H,16,19). The number of primary amides is 1. The number of fused-ring (bicyclic) bond motifs is 1. The van der Waals surface area contributed by atoms with Crippen LogP contribution < -0.4 is 16.4 Å². The highest BCUT2D eigenvalue weighted by atomic mass is 16.2. The van der Waals surface area contributed by atoms with Gasteiger partial charge in [-0.2, -0.15) is 0 Å². The molecule has 1 unspecified atom stereocenters. The fourth-order valence-corrected chi connectivity index (χ4v) is 2.33. The maximum atomic E-state index is 11.8. The lowest BCUT2D eigenvalue weighted by molar-refractivity contribution is -0.122. The van der Waals surface area contributed by atoms with Crippen molar-refractivity contribution >= 4 is 17.5 Å². The fraction of sp³-hybridized carbons (Fsp3) is 0.429. The SMILES string of the molecule is NC(=O)CCCNC(=O)CC1CNc2ccccc21. The van der Waals surface area contributed by atoms with Gasteiger partial charge in [0.05, 0.1) is 0 Å². The molecule has 1 aliphatic heterocycles. The van der Waals surface area contributed by atoms with Gasteiger partial charge in [-0.1, -0.05) is 18.2 Å². The Morgan fingerprint density at radius 3 is 2.95 bits per heavy atom. The van der Waals surface area contributed by atoms with Crippen LogP contribution in [0.2, 0.25) is 0 Å². The van der Waals surface area contributed by atoms with Gasteiger partial charge in [0.15, 0.2) is 0 Å². The number of rotatable bonds is 6. The van der Waals surface area contributed by atoms with Gasteiger partial charge in [0.1, 0.15) is 0 Å². The van der Waals surface area contributed by atoms with Crippen LogP contribution in [0, 0.1) is 0 Å². The summed E-state index contributed by atoms with van der Waals surface area (Å²) < 4.78 is 0. The number of hydrogen-bond acceptors (Lipinski definition) is 3. The lowest BCUT2D eigenvalue weighted by Crippen LogP contribution is -2.27. The van der Waals surface area contributed by atoms with Crippen molar-refractivity contribution in [3.05, 3.63) is 29.8 Å². The first-order valence-corrected chi connectivity index (χ1v) is 6.54. The second-order valence-electron chi connectivity index (χ2n) is 4.79. The molecule has 0 spiro atoms. The minimum atomic E-state index is -0.330. The minimum Gasteiger partial charge on any atom is -0.384 e. The van der Waals surface area contributed by atoms with Crippen LogP contribution in [0.1, 0.15) is 30.7 Å². The van der Waals surface area contributed by atoms with Gasteiger partial charge in [0.2, 0.25) is 11.8 Å². The Hall–Kier alpha value is -2.04. The number of para-hydroxylation sites is 1. The fourth-order valence-electron chi connectivity index (χ4n) is 2.33. The third-order valence-electron chi connectivity index (χ3n) is 3.29. The first kappa shape index (κ1) is 13.4. The molecule has 1 aromatic carbocycles. The molecule has 1 aromatic rings. The molecule has 1 aliphatic rings. The number of carbonyl (C=O) groups is 2. The topological polar surface area (TPSA) is 84.2 Å². The van der Waals surface area contributed by atoms with Crippen LogP contribution in [0.15, 0.2) is 24.3 Å². The second kappa shape index (κ2) is 6.22. The van der Waals surface area contributed by atoms with E-state index < -0.39 is 0 Å². The van der Waals surface area contributed by atoms with E-state index in [1.54, 1.807) is 0 Å². The van der Waals surface area contributed by atoms with Gasteiger partial charge in [0.25, 0.3) is 0 Å². The van der Waals surface area contributed by atoms with Crippen molar-refractivity contribution in [2.75, 3.05) is 18.4 Å². The van der Waals surface area contributed by atoms with Crippen LogP contribution in [0.5, 0.6) is 0 Å². The summed E-state index contributed by atoms with van der Waals surface area (Å²) in [5, 5.41) is 6.12. The zero-order valence-corrected chi connectivity index (χ0v) is 10.8. The van der Waals surface area contributed by atoms with Gasteiger partial charge in [-0.25, -0.2) is 0 Å². The first-order chi connectivity index (χ1) is 9.16. The van der Waals surface area contributed by atoms with Crippen molar-refractivity contribution in [2.45, 2.75) is 25.2 Å². The molecule has 2 amide bonds. The van der Waals surface area contributed by atoms with Crippen LogP contribution in [0.25, 0.3) is 0 Å². The quantitative estimate of drug-likeness (QED) is 0.667. The van der Waals surface area contributed by atoms with Crippen LogP contribution in [0.4, 0.5) is 5.69 Å². The number of nitrogens with one attached hydrogen (secondary N) is 2. The highest BCUT2D eigenvalue weighted by Crippen LogP contribution is 2.32. The lowest BCUT2D eigenvalue weighted by atomic mass is 9.97. The summed E-state index contributed by atoms with van der Waals surface area (Å²) in [6.45, 7) is 1.30. The van der Waals surface area contributed by atoms with E-state index in [0.717, 1.165) is 12.2 Å². The van der Waals surface area contributed by atoms with Crippen molar-refractivity contribution < 1.29 is 9.59 Å². The van der Waals surface area contributed by atoms with Gasteiger partial charge < -0.3 is 16.4 Å². The normalized spacial score (nSPS) is 16.5. The molecule has 102 valence electrons. The summed E-state index contributed by atoms with van der Waals surface area (Å²) >= 11 is 0. The van der Waals surface area contributed by atoms with E-state index >= 15 is 0 Å². The van der Waals surface area contributed by atoms with Crippen LogP contribution in [-0.2, 0) is 9.59 Å². The molecule has 0 aromatic heterocycles. The number of benzene rings is 1. The summed E-state index contributed by atoms with van der Waals surface area (Å²) in [5.74, 6) is -0.0801. The Balaban J connectivity index is 1.76. The average molecular weight is 261 g/mol. The molecule has 1 atom stereocenters. The molecule has 2 rings (SSSR count). The summed E-state index contributed by atoms with van der Waals surface area (Å²) in [6, 6.07) is 8.06.